The topological polar surface area (TPSA) is 78.1 Å². The molecule has 5 nitrogen and oxygen atoms in total. The Hall–Kier alpha value is -1.14. The van der Waals surface area contributed by atoms with Crippen LogP contribution in [0.4, 0.5) is 0 Å². The number of ether oxygens (including phenoxy) is 1. The molecule has 1 unspecified atom stereocenters. The van der Waals surface area contributed by atoms with Gasteiger partial charge in [-0.2, -0.15) is 0 Å². The number of hydrogen-bond acceptors (Lipinski definition) is 6. The number of nitrogens with zero attached hydrogens (tertiary/aromatic N) is 2. The summed E-state index contributed by atoms with van der Waals surface area (Å²) in [6.07, 6.45) is 5.16. The first-order valence-electron chi connectivity index (χ1n) is 6.01. The van der Waals surface area contributed by atoms with Crippen LogP contribution in [0, 0.1) is 5.92 Å². The molecule has 1 saturated carbocycles. The normalized spacial score (nSPS) is 18.1. The molecule has 2 N–H and O–H groups in total. The Morgan fingerprint density at radius 3 is 3.00 bits per heavy atom. The summed E-state index contributed by atoms with van der Waals surface area (Å²) >= 11 is 1.47. The molecule has 1 aromatic heterocycles. The molecule has 0 radical (unpaired) electrons. The molecule has 0 aromatic carbocycles. The second-order valence-electron chi connectivity index (χ2n) is 4.37. The summed E-state index contributed by atoms with van der Waals surface area (Å²) < 4.78 is 5.09. The quantitative estimate of drug-likeness (QED) is 0.474. The van der Waals surface area contributed by atoms with Gasteiger partial charge in [-0.15, -0.1) is 11.8 Å². The van der Waals surface area contributed by atoms with E-state index in [1.807, 2.05) is 6.07 Å². The monoisotopic (exact) mass is 267 g/mol. The van der Waals surface area contributed by atoms with Crippen LogP contribution in [0.15, 0.2) is 23.6 Å². The summed E-state index contributed by atoms with van der Waals surface area (Å²) in [6, 6.07) is 1.81. The first-order chi connectivity index (χ1) is 8.66. The van der Waals surface area contributed by atoms with Crippen LogP contribution in [0.2, 0.25) is 0 Å². The Labute approximate surface area is 111 Å². The van der Waals surface area contributed by atoms with E-state index in [9.17, 15) is 4.79 Å². The third kappa shape index (κ3) is 3.00. The predicted molar refractivity (Wildman–Crippen MR) is 69.0 cm³/mol. The number of thioether (sulfide) groups is 1. The first kappa shape index (κ1) is 13.3. The number of carbonyl (C=O) groups excluding carboxylic acids is 1. The molecule has 1 aliphatic carbocycles. The molecule has 1 atom stereocenters. The lowest BCUT2D eigenvalue weighted by Crippen LogP contribution is -2.53. The number of aromatic nitrogens is 2. The lowest BCUT2D eigenvalue weighted by Gasteiger charge is -2.26. The fourth-order valence-corrected chi connectivity index (χ4v) is 2.78. The van der Waals surface area contributed by atoms with E-state index in [4.69, 9.17) is 10.5 Å². The average molecular weight is 267 g/mol. The highest BCUT2D eigenvalue weighted by Crippen LogP contribution is 2.41. The molecule has 1 heterocycles. The molecule has 0 amide bonds. The third-order valence-corrected chi connectivity index (χ3v) is 4.13. The van der Waals surface area contributed by atoms with Crippen molar-refractivity contribution < 1.29 is 9.53 Å². The van der Waals surface area contributed by atoms with Crippen LogP contribution >= 0.6 is 11.8 Å². The van der Waals surface area contributed by atoms with Gasteiger partial charge >= 0.3 is 5.97 Å². The van der Waals surface area contributed by atoms with Crippen molar-refractivity contribution in [1.29, 1.82) is 0 Å². The zero-order valence-electron chi connectivity index (χ0n) is 10.3. The largest absolute Gasteiger partial charge is 0.465 e. The van der Waals surface area contributed by atoms with Crippen LogP contribution in [-0.2, 0) is 9.53 Å². The summed E-state index contributed by atoms with van der Waals surface area (Å²) in [5, 5.41) is 0.824. The fourth-order valence-electron chi connectivity index (χ4n) is 1.76. The highest BCUT2D eigenvalue weighted by atomic mass is 32.2. The molecule has 1 fully saturated rings. The van der Waals surface area contributed by atoms with Crippen molar-refractivity contribution in [3.8, 4) is 0 Å². The van der Waals surface area contributed by atoms with Gasteiger partial charge in [0.1, 0.15) is 11.9 Å². The number of rotatable bonds is 6. The van der Waals surface area contributed by atoms with E-state index in [1.54, 1.807) is 13.1 Å². The smallest absolute Gasteiger partial charge is 0.327 e. The van der Waals surface area contributed by atoms with Gasteiger partial charge in [0.15, 0.2) is 0 Å². The van der Waals surface area contributed by atoms with Crippen molar-refractivity contribution in [3.63, 3.8) is 0 Å². The molecule has 0 spiro atoms. The van der Waals surface area contributed by atoms with E-state index >= 15 is 0 Å². The maximum Gasteiger partial charge on any atom is 0.327 e. The van der Waals surface area contributed by atoms with Crippen LogP contribution < -0.4 is 5.73 Å². The lowest BCUT2D eigenvalue weighted by molar-refractivity contribution is -0.149. The number of esters is 1. The molecular weight excluding hydrogens is 250 g/mol. The summed E-state index contributed by atoms with van der Waals surface area (Å²) in [7, 11) is 0. The van der Waals surface area contributed by atoms with Crippen molar-refractivity contribution in [1.82, 2.24) is 9.97 Å². The molecule has 0 bridgehead atoms. The van der Waals surface area contributed by atoms with Crippen LogP contribution in [-0.4, -0.2) is 33.8 Å². The molecular formula is C12H17N3O2S. The summed E-state index contributed by atoms with van der Waals surface area (Å²) in [4.78, 5) is 19.9. The van der Waals surface area contributed by atoms with Crippen LogP contribution in [0.1, 0.15) is 19.8 Å². The van der Waals surface area contributed by atoms with Crippen molar-refractivity contribution in [2.45, 2.75) is 30.3 Å². The van der Waals surface area contributed by atoms with Crippen LogP contribution in [0.3, 0.4) is 0 Å². The van der Waals surface area contributed by atoms with Crippen molar-refractivity contribution in [2.24, 2.45) is 11.7 Å². The molecule has 18 heavy (non-hydrogen) atoms. The summed E-state index contributed by atoms with van der Waals surface area (Å²) in [5.74, 6) is 0.438. The first-order valence-corrected chi connectivity index (χ1v) is 7.00. The van der Waals surface area contributed by atoms with Crippen molar-refractivity contribution in [2.75, 3.05) is 12.4 Å². The van der Waals surface area contributed by atoms with E-state index in [0.29, 0.717) is 12.4 Å². The Morgan fingerprint density at radius 2 is 2.44 bits per heavy atom. The highest BCUT2D eigenvalue weighted by molar-refractivity contribution is 7.99. The van der Waals surface area contributed by atoms with E-state index < -0.39 is 5.54 Å². The van der Waals surface area contributed by atoms with Gasteiger partial charge in [0.2, 0.25) is 0 Å². The minimum absolute atomic E-state index is 0.242. The molecule has 2 rings (SSSR count). The molecule has 0 saturated heterocycles. The van der Waals surface area contributed by atoms with Crippen LogP contribution in [0.25, 0.3) is 0 Å². The number of hydrogen-bond donors (Lipinski definition) is 1. The minimum Gasteiger partial charge on any atom is -0.465 e. The Balaban J connectivity index is 2.00. The second kappa shape index (κ2) is 5.67. The van der Waals surface area contributed by atoms with Gasteiger partial charge in [-0.05, 0) is 31.7 Å². The molecule has 98 valence electrons. The van der Waals surface area contributed by atoms with Crippen molar-refractivity contribution in [3.05, 3.63) is 18.6 Å². The zero-order chi connectivity index (χ0) is 13.0. The van der Waals surface area contributed by atoms with E-state index in [1.165, 1.54) is 18.1 Å². The zero-order valence-corrected chi connectivity index (χ0v) is 11.2. The number of carbonyl (C=O) groups is 1. The highest BCUT2D eigenvalue weighted by Gasteiger charge is 2.49. The van der Waals surface area contributed by atoms with E-state index in [-0.39, 0.29) is 11.9 Å². The number of nitrogens with two attached hydrogens (primary N) is 1. The minimum atomic E-state index is -0.883. The molecule has 1 aromatic rings. The Morgan fingerprint density at radius 1 is 1.67 bits per heavy atom. The van der Waals surface area contributed by atoms with Gasteiger partial charge in [0.05, 0.1) is 11.6 Å². The molecule has 6 heteroatoms. The van der Waals surface area contributed by atoms with Gasteiger partial charge in [-0.1, -0.05) is 0 Å². The van der Waals surface area contributed by atoms with Gasteiger partial charge in [-0.3, -0.25) is 4.79 Å². The average Bonchev–Trinajstić information content (AvgIpc) is 3.22. The van der Waals surface area contributed by atoms with E-state index in [0.717, 1.165) is 17.9 Å². The van der Waals surface area contributed by atoms with Gasteiger partial charge in [0.25, 0.3) is 0 Å². The molecule has 1 aliphatic rings. The Kier molecular flexibility index (Phi) is 4.19. The maximum atomic E-state index is 12.0. The molecule has 0 aliphatic heterocycles. The maximum absolute atomic E-state index is 12.0. The SMILES string of the molecule is CCOC(=O)C(N)(CSc1ccncn1)C1CC1. The predicted octanol–water partition coefficient (Wildman–Crippen LogP) is 1.24. The Bertz CT molecular complexity index is 411. The fraction of sp³-hybridized carbons (Fsp3) is 0.583. The van der Waals surface area contributed by atoms with Crippen molar-refractivity contribution >= 4 is 17.7 Å². The van der Waals surface area contributed by atoms with Gasteiger partial charge in [0, 0.05) is 11.9 Å². The summed E-state index contributed by atoms with van der Waals surface area (Å²) in [5.41, 5.74) is 5.36. The third-order valence-electron chi connectivity index (χ3n) is 2.98. The van der Waals surface area contributed by atoms with Gasteiger partial charge < -0.3 is 10.5 Å². The second-order valence-corrected chi connectivity index (χ2v) is 5.37. The lowest BCUT2D eigenvalue weighted by atomic mass is 9.97. The summed E-state index contributed by atoms with van der Waals surface area (Å²) in [6.45, 7) is 2.16. The standard InChI is InChI=1S/C12H17N3O2S/c1-2-17-11(16)12(13,9-3-4-9)7-18-10-5-6-14-8-15-10/h5-6,8-9H,2-4,7,13H2,1H3. The van der Waals surface area contributed by atoms with Crippen LogP contribution in [0.5, 0.6) is 0 Å². The van der Waals surface area contributed by atoms with E-state index in [2.05, 4.69) is 9.97 Å². The van der Waals surface area contributed by atoms with Gasteiger partial charge in [-0.25, -0.2) is 9.97 Å².